The van der Waals surface area contributed by atoms with Gasteiger partial charge >= 0.3 is 0 Å². The maximum absolute atomic E-state index is 12.4. The molecule has 5 heteroatoms. The van der Waals surface area contributed by atoms with Crippen LogP contribution in [0.3, 0.4) is 0 Å². The molecule has 2 N–H and O–H groups in total. The van der Waals surface area contributed by atoms with E-state index in [1.807, 2.05) is 11.8 Å². The Balaban J connectivity index is 1.91. The Hall–Kier alpha value is -0.650. The summed E-state index contributed by atoms with van der Waals surface area (Å²) < 4.78 is 10.9. The summed E-state index contributed by atoms with van der Waals surface area (Å²) in [6.45, 7) is 5.62. The van der Waals surface area contributed by atoms with Crippen LogP contribution < -0.4 is 5.73 Å². The number of rotatable bonds is 2. The number of nitrogens with two attached hydrogens (primary N) is 1. The molecule has 0 aromatic carbocycles. The van der Waals surface area contributed by atoms with Gasteiger partial charge < -0.3 is 20.1 Å². The normalized spacial score (nSPS) is 28.8. The molecule has 104 valence electrons. The van der Waals surface area contributed by atoms with Crippen molar-refractivity contribution in [2.45, 2.75) is 38.3 Å². The van der Waals surface area contributed by atoms with Crippen LogP contribution in [0.25, 0.3) is 0 Å². The highest BCUT2D eigenvalue weighted by atomic mass is 16.5. The quantitative estimate of drug-likeness (QED) is 0.775. The number of carbonyl (C=O) groups is 1. The number of hydrogen-bond donors (Lipinski definition) is 1. The van der Waals surface area contributed by atoms with Crippen molar-refractivity contribution in [3.63, 3.8) is 0 Å². The third kappa shape index (κ3) is 3.43. The summed E-state index contributed by atoms with van der Waals surface area (Å²) in [5, 5.41) is 0. The van der Waals surface area contributed by atoms with Crippen molar-refractivity contribution in [3.05, 3.63) is 0 Å². The number of ether oxygens (including phenoxy) is 2. The molecule has 0 bridgehead atoms. The van der Waals surface area contributed by atoms with E-state index in [1.54, 1.807) is 0 Å². The largest absolute Gasteiger partial charge is 0.381 e. The second-order valence-electron chi connectivity index (χ2n) is 5.29. The maximum Gasteiger partial charge on any atom is 0.239 e. The number of hydrogen-bond acceptors (Lipinski definition) is 4. The van der Waals surface area contributed by atoms with Gasteiger partial charge in [-0.25, -0.2) is 0 Å². The molecule has 0 saturated carbocycles. The molecule has 5 nitrogen and oxygen atoms in total. The predicted molar refractivity (Wildman–Crippen MR) is 68.1 cm³/mol. The van der Waals surface area contributed by atoms with Crippen molar-refractivity contribution in [2.75, 3.05) is 32.9 Å². The highest BCUT2D eigenvalue weighted by Gasteiger charge is 2.31. The SMILES string of the molecule is CC1CN(C(=O)C(N)C2CCOCC2)CCCO1. The third-order valence-corrected chi connectivity index (χ3v) is 3.82. The zero-order valence-electron chi connectivity index (χ0n) is 11.1. The van der Waals surface area contributed by atoms with Crippen molar-refractivity contribution in [1.29, 1.82) is 0 Å². The van der Waals surface area contributed by atoms with Crippen molar-refractivity contribution in [2.24, 2.45) is 11.7 Å². The first-order valence-corrected chi connectivity index (χ1v) is 6.92. The molecule has 2 fully saturated rings. The Kier molecular flexibility index (Phi) is 4.97. The number of nitrogens with zero attached hydrogens (tertiary/aromatic N) is 1. The van der Waals surface area contributed by atoms with Gasteiger partial charge in [-0.3, -0.25) is 4.79 Å². The Morgan fingerprint density at radius 1 is 1.33 bits per heavy atom. The average Bonchev–Trinajstić information content (AvgIpc) is 2.63. The standard InChI is InChI=1S/C13H24N2O3/c1-10-9-15(5-2-6-18-10)13(16)12(14)11-3-7-17-8-4-11/h10-12H,2-9,14H2,1H3. The molecule has 2 aliphatic heterocycles. The van der Waals surface area contributed by atoms with Crippen molar-refractivity contribution >= 4 is 5.91 Å². The van der Waals surface area contributed by atoms with E-state index >= 15 is 0 Å². The van der Waals surface area contributed by atoms with Gasteiger partial charge in [-0.2, -0.15) is 0 Å². The molecule has 0 aromatic heterocycles. The van der Waals surface area contributed by atoms with Crippen LogP contribution in [0.15, 0.2) is 0 Å². The summed E-state index contributed by atoms with van der Waals surface area (Å²) in [6.07, 6.45) is 2.80. The van der Waals surface area contributed by atoms with E-state index < -0.39 is 0 Å². The number of amides is 1. The van der Waals surface area contributed by atoms with Crippen LogP contribution in [0.4, 0.5) is 0 Å². The fourth-order valence-corrected chi connectivity index (χ4v) is 2.68. The summed E-state index contributed by atoms with van der Waals surface area (Å²) in [7, 11) is 0. The van der Waals surface area contributed by atoms with Gasteiger partial charge in [0.1, 0.15) is 0 Å². The van der Waals surface area contributed by atoms with Gasteiger partial charge in [0.25, 0.3) is 0 Å². The lowest BCUT2D eigenvalue weighted by molar-refractivity contribution is -0.135. The highest BCUT2D eigenvalue weighted by molar-refractivity contribution is 5.82. The lowest BCUT2D eigenvalue weighted by Crippen LogP contribution is -2.50. The van der Waals surface area contributed by atoms with E-state index in [1.165, 1.54) is 0 Å². The van der Waals surface area contributed by atoms with E-state index in [0.29, 0.717) is 6.54 Å². The molecule has 2 saturated heterocycles. The minimum Gasteiger partial charge on any atom is -0.381 e. The molecule has 0 spiro atoms. The molecule has 18 heavy (non-hydrogen) atoms. The molecular formula is C13H24N2O3. The van der Waals surface area contributed by atoms with Gasteiger partial charge in [-0.05, 0) is 32.1 Å². The lowest BCUT2D eigenvalue weighted by Gasteiger charge is -2.31. The van der Waals surface area contributed by atoms with Crippen LogP contribution in [0.1, 0.15) is 26.2 Å². The monoisotopic (exact) mass is 256 g/mol. The topological polar surface area (TPSA) is 64.8 Å². The Morgan fingerprint density at radius 3 is 2.78 bits per heavy atom. The van der Waals surface area contributed by atoms with Crippen LogP contribution in [0.5, 0.6) is 0 Å². The fourth-order valence-electron chi connectivity index (χ4n) is 2.68. The second kappa shape index (κ2) is 6.50. The molecule has 2 atom stereocenters. The fraction of sp³-hybridized carbons (Fsp3) is 0.923. The minimum atomic E-state index is -0.376. The van der Waals surface area contributed by atoms with E-state index in [4.69, 9.17) is 15.2 Å². The van der Waals surface area contributed by atoms with Gasteiger partial charge in [0.05, 0.1) is 12.1 Å². The average molecular weight is 256 g/mol. The molecule has 0 aromatic rings. The van der Waals surface area contributed by atoms with Gasteiger partial charge in [-0.1, -0.05) is 0 Å². The smallest absolute Gasteiger partial charge is 0.239 e. The Labute approximate surface area is 109 Å². The minimum absolute atomic E-state index is 0.0826. The maximum atomic E-state index is 12.4. The van der Waals surface area contributed by atoms with Crippen LogP contribution in [-0.4, -0.2) is 55.9 Å². The number of carbonyl (C=O) groups excluding carboxylic acids is 1. The first kappa shape index (κ1) is 13.8. The second-order valence-corrected chi connectivity index (χ2v) is 5.29. The first-order valence-electron chi connectivity index (χ1n) is 6.92. The van der Waals surface area contributed by atoms with Crippen LogP contribution in [0, 0.1) is 5.92 Å². The first-order chi connectivity index (χ1) is 8.68. The van der Waals surface area contributed by atoms with E-state index in [0.717, 1.165) is 45.6 Å². The van der Waals surface area contributed by atoms with Crippen molar-refractivity contribution < 1.29 is 14.3 Å². The lowest BCUT2D eigenvalue weighted by atomic mass is 9.91. The molecule has 2 unspecified atom stereocenters. The molecular weight excluding hydrogens is 232 g/mol. The zero-order valence-corrected chi connectivity index (χ0v) is 11.1. The summed E-state index contributed by atoms with van der Waals surface area (Å²) >= 11 is 0. The van der Waals surface area contributed by atoms with E-state index in [9.17, 15) is 4.79 Å². The van der Waals surface area contributed by atoms with Crippen LogP contribution in [-0.2, 0) is 14.3 Å². The Morgan fingerprint density at radius 2 is 2.06 bits per heavy atom. The molecule has 0 radical (unpaired) electrons. The summed E-state index contributed by atoms with van der Waals surface area (Å²) in [5.41, 5.74) is 6.13. The van der Waals surface area contributed by atoms with Gasteiger partial charge in [-0.15, -0.1) is 0 Å². The molecule has 2 aliphatic rings. The van der Waals surface area contributed by atoms with Crippen LogP contribution >= 0.6 is 0 Å². The van der Waals surface area contributed by atoms with E-state index in [-0.39, 0.29) is 24.0 Å². The van der Waals surface area contributed by atoms with Gasteiger partial charge in [0.15, 0.2) is 0 Å². The molecule has 2 rings (SSSR count). The van der Waals surface area contributed by atoms with Gasteiger partial charge in [0.2, 0.25) is 5.91 Å². The van der Waals surface area contributed by atoms with E-state index in [2.05, 4.69) is 0 Å². The van der Waals surface area contributed by atoms with Crippen LogP contribution in [0.2, 0.25) is 0 Å². The van der Waals surface area contributed by atoms with Gasteiger partial charge in [0, 0.05) is 32.9 Å². The molecule has 0 aliphatic carbocycles. The summed E-state index contributed by atoms with van der Waals surface area (Å²) in [6, 6.07) is -0.376. The Bertz CT molecular complexity index is 279. The predicted octanol–water partition coefficient (Wildman–Crippen LogP) is 0.378. The summed E-state index contributed by atoms with van der Waals surface area (Å²) in [5.74, 6) is 0.352. The summed E-state index contributed by atoms with van der Waals surface area (Å²) in [4.78, 5) is 14.3. The zero-order chi connectivity index (χ0) is 13.0. The molecule has 2 heterocycles. The highest BCUT2D eigenvalue weighted by Crippen LogP contribution is 2.19. The molecule has 1 amide bonds. The van der Waals surface area contributed by atoms with Crippen molar-refractivity contribution in [1.82, 2.24) is 4.90 Å². The van der Waals surface area contributed by atoms with Crippen molar-refractivity contribution in [3.8, 4) is 0 Å². The third-order valence-electron chi connectivity index (χ3n) is 3.82.